The van der Waals surface area contributed by atoms with E-state index in [1.807, 2.05) is 6.33 Å². The molecule has 2 aliphatic heterocycles. The first-order valence-electron chi connectivity index (χ1n) is 8.55. The molecular weight excluding hydrogens is 278 g/mol. The molecule has 2 saturated heterocycles. The summed E-state index contributed by atoms with van der Waals surface area (Å²) in [5.74, 6) is 2.04. The van der Waals surface area contributed by atoms with Gasteiger partial charge in [-0.15, -0.1) is 10.2 Å². The molecule has 1 unspecified atom stereocenters. The number of piperidine rings is 2. The van der Waals surface area contributed by atoms with Crippen LogP contribution in [-0.4, -0.2) is 51.8 Å². The van der Waals surface area contributed by atoms with Crippen LogP contribution >= 0.6 is 0 Å². The Hall–Kier alpha value is -1.43. The Labute approximate surface area is 132 Å². The summed E-state index contributed by atoms with van der Waals surface area (Å²) in [6, 6.07) is 0.387. The number of nitrogens with one attached hydrogen (secondary N) is 1. The van der Waals surface area contributed by atoms with Gasteiger partial charge in [-0.1, -0.05) is 0 Å². The first-order chi connectivity index (χ1) is 10.7. The molecule has 6 nitrogen and oxygen atoms in total. The number of rotatable bonds is 3. The van der Waals surface area contributed by atoms with Crippen LogP contribution in [0, 0.1) is 5.92 Å². The first-order valence-corrected chi connectivity index (χ1v) is 8.55. The molecule has 0 aromatic carbocycles. The highest BCUT2D eigenvalue weighted by atomic mass is 16.2. The molecule has 1 N–H and O–H groups in total. The molecule has 22 heavy (non-hydrogen) atoms. The fraction of sp³-hybridized carbons (Fsp3) is 0.812. The van der Waals surface area contributed by atoms with Crippen molar-refractivity contribution in [1.82, 2.24) is 25.0 Å². The van der Waals surface area contributed by atoms with Gasteiger partial charge in [-0.3, -0.25) is 4.79 Å². The number of hydrogen-bond acceptors (Lipinski definition) is 4. The third kappa shape index (κ3) is 3.16. The molecule has 0 bridgehead atoms. The maximum Gasteiger partial charge on any atom is 0.226 e. The van der Waals surface area contributed by atoms with Gasteiger partial charge in [0.25, 0.3) is 0 Å². The van der Waals surface area contributed by atoms with Crippen molar-refractivity contribution in [3.8, 4) is 0 Å². The van der Waals surface area contributed by atoms with E-state index in [0.717, 1.165) is 57.7 Å². The Bertz CT molecular complexity index is 498. The van der Waals surface area contributed by atoms with Gasteiger partial charge in [-0.05, 0) is 46.1 Å². The van der Waals surface area contributed by atoms with E-state index < -0.39 is 0 Å². The van der Waals surface area contributed by atoms with Crippen LogP contribution < -0.4 is 5.32 Å². The van der Waals surface area contributed by atoms with E-state index in [1.165, 1.54) is 0 Å². The Morgan fingerprint density at radius 3 is 2.73 bits per heavy atom. The van der Waals surface area contributed by atoms with Crippen LogP contribution in [-0.2, 0) is 4.79 Å². The Kier molecular flexibility index (Phi) is 4.76. The van der Waals surface area contributed by atoms with Gasteiger partial charge in [0.1, 0.15) is 12.2 Å². The maximum atomic E-state index is 12.6. The molecule has 1 amide bonds. The number of aromatic nitrogens is 3. The zero-order valence-electron chi connectivity index (χ0n) is 13.7. The predicted molar refractivity (Wildman–Crippen MR) is 84.6 cm³/mol. The second-order valence-corrected chi connectivity index (χ2v) is 6.83. The topological polar surface area (TPSA) is 63.1 Å². The molecule has 0 spiro atoms. The van der Waals surface area contributed by atoms with E-state index in [2.05, 4.69) is 38.8 Å². The fourth-order valence-corrected chi connectivity index (χ4v) is 3.62. The molecule has 3 rings (SSSR count). The minimum atomic E-state index is 0.185. The first kappa shape index (κ1) is 15.5. The van der Waals surface area contributed by atoms with Crippen LogP contribution in [0.1, 0.15) is 57.3 Å². The van der Waals surface area contributed by atoms with Crippen LogP contribution in [0.5, 0.6) is 0 Å². The minimum absolute atomic E-state index is 0.185. The lowest BCUT2D eigenvalue weighted by molar-refractivity contribution is -0.137. The molecule has 1 aromatic rings. The van der Waals surface area contributed by atoms with Crippen molar-refractivity contribution < 1.29 is 4.79 Å². The Morgan fingerprint density at radius 1 is 1.32 bits per heavy atom. The molecule has 3 heterocycles. The van der Waals surface area contributed by atoms with Gasteiger partial charge in [0, 0.05) is 31.6 Å². The zero-order valence-corrected chi connectivity index (χ0v) is 13.7. The lowest BCUT2D eigenvalue weighted by atomic mass is 9.93. The highest BCUT2D eigenvalue weighted by Gasteiger charge is 2.31. The maximum absolute atomic E-state index is 12.6. The summed E-state index contributed by atoms with van der Waals surface area (Å²) < 4.78 is 2.16. The zero-order chi connectivity index (χ0) is 15.5. The summed E-state index contributed by atoms with van der Waals surface area (Å²) in [5, 5.41) is 11.7. The van der Waals surface area contributed by atoms with Crippen molar-refractivity contribution >= 4 is 5.91 Å². The Morgan fingerprint density at radius 2 is 2.09 bits per heavy atom. The molecule has 1 atom stereocenters. The number of nitrogens with zero attached hydrogens (tertiary/aromatic N) is 4. The van der Waals surface area contributed by atoms with Gasteiger partial charge < -0.3 is 14.8 Å². The summed E-state index contributed by atoms with van der Waals surface area (Å²) in [7, 11) is 0. The van der Waals surface area contributed by atoms with Gasteiger partial charge in [-0.25, -0.2) is 0 Å². The number of carbonyl (C=O) groups excluding carboxylic acids is 1. The largest absolute Gasteiger partial charge is 0.342 e. The van der Waals surface area contributed by atoms with Gasteiger partial charge in [-0.2, -0.15) is 0 Å². The average molecular weight is 305 g/mol. The molecule has 0 radical (unpaired) electrons. The smallest absolute Gasteiger partial charge is 0.226 e. The summed E-state index contributed by atoms with van der Waals surface area (Å²) in [4.78, 5) is 14.6. The van der Waals surface area contributed by atoms with E-state index in [0.29, 0.717) is 17.9 Å². The molecule has 2 fully saturated rings. The van der Waals surface area contributed by atoms with E-state index >= 15 is 0 Å². The number of hydrogen-bond donors (Lipinski definition) is 1. The van der Waals surface area contributed by atoms with Gasteiger partial charge in [0.15, 0.2) is 0 Å². The quantitative estimate of drug-likeness (QED) is 0.920. The average Bonchev–Trinajstić information content (AvgIpc) is 3.05. The third-order valence-electron chi connectivity index (χ3n) is 4.98. The molecule has 2 aliphatic rings. The van der Waals surface area contributed by atoms with Crippen LogP contribution in [0.25, 0.3) is 0 Å². The summed E-state index contributed by atoms with van der Waals surface area (Å²) in [5.41, 5.74) is 0. The summed E-state index contributed by atoms with van der Waals surface area (Å²) in [6.07, 6.45) is 5.97. The van der Waals surface area contributed by atoms with E-state index in [9.17, 15) is 4.79 Å². The standard InChI is InChI=1S/C16H27N5O/c1-12(2)21-11-18-19-15(21)13-5-8-20(9-6-13)16(22)14-4-3-7-17-10-14/h11-14,17H,3-10H2,1-2H3. The number of carbonyl (C=O) groups is 1. The lowest BCUT2D eigenvalue weighted by Crippen LogP contribution is -2.46. The summed E-state index contributed by atoms with van der Waals surface area (Å²) in [6.45, 7) is 7.91. The van der Waals surface area contributed by atoms with E-state index in [-0.39, 0.29) is 5.92 Å². The second-order valence-electron chi connectivity index (χ2n) is 6.83. The van der Waals surface area contributed by atoms with Crippen molar-refractivity contribution in [2.75, 3.05) is 26.2 Å². The van der Waals surface area contributed by atoms with Crippen LogP contribution in [0.2, 0.25) is 0 Å². The van der Waals surface area contributed by atoms with Crippen molar-refractivity contribution in [3.63, 3.8) is 0 Å². The van der Waals surface area contributed by atoms with Crippen molar-refractivity contribution in [2.45, 2.75) is 51.5 Å². The van der Waals surface area contributed by atoms with Crippen LogP contribution in [0.4, 0.5) is 0 Å². The van der Waals surface area contributed by atoms with Crippen molar-refractivity contribution in [3.05, 3.63) is 12.2 Å². The fourth-order valence-electron chi connectivity index (χ4n) is 3.62. The molecule has 0 saturated carbocycles. The van der Waals surface area contributed by atoms with Crippen molar-refractivity contribution in [2.24, 2.45) is 5.92 Å². The SMILES string of the molecule is CC(C)n1cnnc1C1CCN(C(=O)C2CCCNC2)CC1. The second kappa shape index (κ2) is 6.77. The highest BCUT2D eigenvalue weighted by molar-refractivity contribution is 5.79. The number of likely N-dealkylation sites (tertiary alicyclic amines) is 1. The lowest BCUT2D eigenvalue weighted by Gasteiger charge is -2.35. The van der Waals surface area contributed by atoms with E-state index in [4.69, 9.17) is 0 Å². The Balaban J connectivity index is 1.58. The summed E-state index contributed by atoms with van der Waals surface area (Å²) >= 11 is 0. The highest BCUT2D eigenvalue weighted by Crippen LogP contribution is 2.29. The molecule has 122 valence electrons. The van der Waals surface area contributed by atoms with Crippen molar-refractivity contribution in [1.29, 1.82) is 0 Å². The third-order valence-corrected chi connectivity index (χ3v) is 4.98. The molecule has 0 aliphatic carbocycles. The van der Waals surface area contributed by atoms with Gasteiger partial charge in [0.05, 0.1) is 5.92 Å². The molecule has 6 heteroatoms. The van der Waals surface area contributed by atoms with Crippen LogP contribution in [0.15, 0.2) is 6.33 Å². The monoisotopic (exact) mass is 305 g/mol. The van der Waals surface area contributed by atoms with Gasteiger partial charge >= 0.3 is 0 Å². The molecule has 1 aromatic heterocycles. The predicted octanol–water partition coefficient (Wildman–Crippen LogP) is 1.56. The number of amides is 1. The normalized spacial score (nSPS) is 24.0. The molecular formula is C16H27N5O. The minimum Gasteiger partial charge on any atom is -0.342 e. The van der Waals surface area contributed by atoms with Gasteiger partial charge in [0.2, 0.25) is 5.91 Å². The van der Waals surface area contributed by atoms with Crippen LogP contribution in [0.3, 0.4) is 0 Å². The van der Waals surface area contributed by atoms with E-state index in [1.54, 1.807) is 0 Å².